The zero-order chi connectivity index (χ0) is 20.1. The summed E-state index contributed by atoms with van der Waals surface area (Å²) in [6.45, 7) is 0. The van der Waals surface area contributed by atoms with Gasteiger partial charge in [-0.25, -0.2) is 0 Å². The number of halogens is 1. The molecule has 2 N–H and O–H groups in total. The minimum absolute atomic E-state index is 0.202. The van der Waals surface area contributed by atoms with Gasteiger partial charge in [-0.1, -0.05) is 11.6 Å². The van der Waals surface area contributed by atoms with Crippen LogP contribution in [0.25, 0.3) is 0 Å². The second kappa shape index (κ2) is 8.86. The van der Waals surface area contributed by atoms with Crippen LogP contribution in [0.2, 0.25) is 5.02 Å². The van der Waals surface area contributed by atoms with Crippen molar-refractivity contribution in [3.63, 3.8) is 0 Å². The molecule has 0 spiro atoms. The van der Waals surface area contributed by atoms with Crippen molar-refractivity contribution in [2.75, 3.05) is 16.9 Å². The van der Waals surface area contributed by atoms with Gasteiger partial charge in [-0.2, -0.15) is 0 Å². The van der Waals surface area contributed by atoms with Gasteiger partial charge in [-0.3, -0.25) is 13.8 Å². The predicted octanol–water partition coefficient (Wildman–Crippen LogP) is 4.32. The summed E-state index contributed by atoms with van der Waals surface area (Å²) in [5, 5.41) is 5.97. The Morgan fingerprint density at radius 1 is 1.00 bits per heavy atom. The Kier molecular flexibility index (Phi) is 6.28. The molecule has 1 aromatic heterocycles. The number of benzene rings is 2. The summed E-state index contributed by atoms with van der Waals surface area (Å²) in [4.78, 5) is 24.4. The lowest BCUT2D eigenvalue weighted by molar-refractivity contribution is 0.0995. The van der Waals surface area contributed by atoms with Crippen molar-refractivity contribution in [1.82, 2.24) is 0 Å². The van der Waals surface area contributed by atoms with Crippen LogP contribution in [0.3, 0.4) is 0 Å². The second-order valence-electron chi connectivity index (χ2n) is 5.99. The number of carbonyl (C=O) groups is 2. The highest BCUT2D eigenvalue weighted by atomic mass is 35.5. The van der Waals surface area contributed by atoms with Gasteiger partial charge in [-0.15, -0.1) is 0 Å². The van der Waals surface area contributed by atoms with Crippen LogP contribution in [0, 0.1) is 0 Å². The molecule has 1 heterocycles. The molecular weight excluding hydrogens is 400 g/mol. The van der Waals surface area contributed by atoms with Crippen molar-refractivity contribution in [2.24, 2.45) is 0 Å². The summed E-state index contributed by atoms with van der Waals surface area (Å²) in [5.74, 6) is -0.167. The highest BCUT2D eigenvalue weighted by molar-refractivity contribution is 7.83. The fourth-order valence-electron chi connectivity index (χ4n) is 2.49. The molecule has 0 aliphatic rings. The number of carbonyl (C=O) groups excluding carboxylic acids is 2. The monoisotopic (exact) mass is 416 g/mol. The molecule has 1 unspecified atom stereocenters. The maximum Gasteiger partial charge on any atom is 0.291 e. The Morgan fingerprint density at radius 3 is 2.32 bits per heavy atom. The standard InChI is InChI=1S/C20H17ClN2O4S/c1-28(26)12-14-11-16(8-9-17(14)21)23-19(24)13-4-6-15(7-5-13)22-20(25)18-3-2-10-27-18/h2-11H,12H2,1H3,(H,22,25)(H,23,24). The second-order valence-corrected chi connectivity index (χ2v) is 7.83. The van der Waals surface area contributed by atoms with Crippen LogP contribution in [0.15, 0.2) is 65.3 Å². The van der Waals surface area contributed by atoms with Gasteiger partial charge in [0.25, 0.3) is 11.8 Å². The molecule has 3 rings (SSSR count). The SMILES string of the molecule is CS(=O)Cc1cc(NC(=O)c2ccc(NC(=O)c3ccco3)cc2)ccc1Cl. The Hall–Kier alpha value is -2.90. The molecule has 28 heavy (non-hydrogen) atoms. The number of furan rings is 1. The van der Waals surface area contributed by atoms with Crippen LogP contribution >= 0.6 is 11.6 Å². The van der Waals surface area contributed by atoms with Gasteiger partial charge in [-0.05, 0) is 60.2 Å². The molecule has 1 atom stereocenters. The predicted molar refractivity (Wildman–Crippen MR) is 110 cm³/mol. The molecule has 2 amide bonds. The van der Waals surface area contributed by atoms with Crippen LogP contribution in [0.1, 0.15) is 26.5 Å². The lowest BCUT2D eigenvalue weighted by Gasteiger charge is -2.09. The van der Waals surface area contributed by atoms with E-state index in [2.05, 4.69) is 10.6 Å². The van der Waals surface area contributed by atoms with E-state index in [1.807, 2.05) is 0 Å². The average Bonchev–Trinajstić information content (AvgIpc) is 3.19. The summed E-state index contributed by atoms with van der Waals surface area (Å²) in [6.07, 6.45) is 3.01. The van der Waals surface area contributed by atoms with E-state index in [0.717, 1.165) is 0 Å². The van der Waals surface area contributed by atoms with E-state index in [4.69, 9.17) is 16.0 Å². The molecule has 0 aliphatic heterocycles. The van der Waals surface area contributed by atoms with Crippen molar-refractivity contribution < 1.29 is 18.2 Å². The molecule has 0 radical (unpaired) electrons. The van der Waals surface area contributed by atoms with Crippen molar-refractivity contribution in [2.45, 2.75) is 5.75 Å². The lowest BCUT2D eigenvalue weighted by atomic mass is 10.1. The van der Waals surface area contributed by atoms with Crippen molar-refractivity contribution in [3.05, 3.63) is 82.8 Å². The summed E-state index contributed by atoms with van der Waals surface area (Å²) in [6, 6.07) is 14.7. The number of nitrogens with one attached hydrogen (secondary N) is 2. The molecule has 3 aromatic rings. The van der Waals surface area contributed by atoms with Crippen molar-refractivity contribution in [3.8, 4) is 0 Å². The molecule has 0 bridgehead atoms. The molecule has 144 valence electrons. The van der Waals surface area contributed by atoms with Gasteiger partial charge in [0.05, 0.1) is 6.26 Å². The average molecular weight is 417 g/mol. The highest BCUT2D eigenvalue weighted by Gasteiger charge is 2.11. The Balaban J connectivity index is 1.66. The number of hydrogen-bond acceptors (Lipinski definition) is 4. The first kappa shape index (κ1) is 19.9. The summed E-state index contributed by atoms with van der Waals surface area (Å²) < 4.78 is 16.5. The van der Waals surface area contributed by atoms with Gasteiger partial charge >= 0.3 is 0 Å². The summed E-state index contributed by atoms with van der Waals surface area (Å²) in [5.41, 5.74) is 2.23. The third kappa shape index (κ3) is 5.09. The zero-order valence-corrected chi connectivity index (χ0v) is 16.5. The number of amides is 2. The fraction of sp³-hybridized carbons (Fsp3) is 0.100. The first-order valence-corrected chi connectivity index (χ1v) is 10.4. The third-order valence-corrected chi connectivity index (χ3v) is 4.90. The van der Waals surface area contributed by atoms with Crippen LogP contribution in [-0.2, 0) is 16.6 Å². The molecule has 0 saturated heterocycles. The smallest absolute Gasteiger partial charge is 0.291 e. The molecule has 8 heteroatoms. The quantitative estimate of drug-likeness (QED) is 0.626. The van der Waals surface area contributed by atoms with Gasteiger partial charge in [0.1, 0.15) is 0 Å². The van der Waals surface area contributed by atoms with E-state index < -0.39 is 10.8 Å². The Bertz CT molecular complexity index is 1020. The van der Waals surface area contributed by atoms with Crippen molar-refractivity contribution in [1.29, 1.82) is 0 Å². The van der Waals surface area contributed by atoms with Gasteiger partial charge < -0.3 is 15.1 Å². The van der Waals surface area contributed by atoms with E-state index in [0.29, 0.717) is 33.3 Å². The minimum Gasteiger partial charge on any atom is -0.459 e. The van der Waals surface area contributed by atoms with Crippen molar-refractivity contribution >= 4 is 45.6 Å². The van der Waals surface area contributed by atoms with Gasteiger partial charge in [0, 0.05) is 44.8 Å². The Morgan fingerprint density at radius 2 is 1.68 bits per heavy atom. The van der Waals surface area contributed by atoms with E-state index in [-0.39, 0.29) is 17.6 Å². The van der Waals surface area contributed by atoms with Crippen LogP contribution in [0.5, 0.6) is 0 Å². The molecule has 0 fully saturated rings. The summed E-state index contributed by atoms with van der Waals surface area (Å²) >= 11 is 6.10. The van der Waals surface area contributed by atoms with Crippen LogP contribution < -0.4 is 10.6 Å². The van der Waals surface area contributed by atoms with Gasteiger partial charge in [0.2, 0.25) is 0 Å². The minimum atomic E-state index is -1.04. The first-order valence-electron chi connectivity index (χ1n) is 8.27. The molecule has 2 aromatic carbocycles. The molecule has 6 nitrogen and oxygen atoms in total. The number of anilines is 2. The van der Waals surface area contributed by atoms with Crippen LogP contribution in [-0.4, -0.2) is 22.3 Å². The Labute approximate surface area is 169 Å². The van der Waals surface area contributed by atoms with E-state index in [9.17, 15) is 13.8 Å². The third-order valence-electron chi connectivity index (χ3n) is 3.81. The topological polar surface area (TPSA) is 88.4 Å². The normalized spacial score (nSPS) is 11.6. The highest BCUT2D eigenvalue weighted by Crippen LogP contribution is 2.22. The fourth-order valence-corrected chi connectivity index (χ4v) is 3.43. The summed E-state index contributed by atoms with van der Waals surface area (Å²) in [7, 11) is -1.04. The largest absolute Gasteiger partial charge is 0.459 e. The van der Waals surface area contributed by atoms with E-state index in [1.165, 1.54) is 6.26 Å². The van der Waals surface area contributed by atoms with Crippen LogP contribution in [0.4, 0.5) is 11.4 Å². The molecule has 0 aliphatic carbocycles. The molecular formula is C20H17ClN2O4S. The van der Waals surface area contributed by atoms with Gasteiger partial charge in [0.15, 0.2) is 5.76 Å². The zero-order valence-electron chi connectivity index (χ0n) is 14.9. The number of hydrogen-bond donors (Lipinski definition) is 2. The molecule has 0 saturated carbocycles. The number of rotatable bonds is 6. The maximum atomic E-state index is 12.4. The van der Waals surface area contributed by atoms with E-state index >= 15 is 0 Å². The van der Waals surface area contributed by atoms with E-state index in [1.54, 1.807) is 60.9 Å². The first-order chi connectivity index (χ1) is 13.4. The maximum absolute atomic E-state index is 12.4. The lowest BCUT2D eigenvalue weighted by Crippen LogP contribution is -2.13.